The van der Waals surface area contributed by atoms with Gasteiger partial charge in [0.15, 0.2) is 0 Å². The molecule has 19 heavy (non-hydrogen) atoms. The molecule has 1 unspecified atom stereocenters. The van der Waals surface area contributed by atoms with Crippen LogP contribution in [-0.2, 0) is 11.8 Å². The highest BCUT2D eigenvalue weighted by atomic mass is 16.1. The van der Waals surface area contributed by atoms with Gasteiger partial charge in [-0.3, -0.25) is 9.48 Å². The van der Waals surface area contributed by atoms with E-state index >= 15 is 0 Å². The Kier molecular flexibility index (Phi) is 3.91. The van der Waals surface area contributed by atoms with E-state index < -0.39 is 0 Å². The monoisotopic (exact) mass is 265 g/mol. The quantitative estimate of drug-likeness (QED) is 0.733. The topological polar surface area (TPSA) is 71.0 Å². The molecule has 1 atom stereocenters. The normalized spacial score (nSPS) is 22.7. The lowest BCUT2D eigenvalue weighted by molar-refractivity contribution is -0.115. The lowest BCUT2D eigenvalue weighted by atomic mass is 10.0. The fraction of sp³-hybridized carbons (Fsp3) is 0.692. The van der Waals surface area contributed by atoms with Gasteiger partial charge in [0.25, 0.3) is 0 Å². The molecule has 1 aromatic heterocycles. The fourth-order valence-electron chi connectivity index (χ4n) is 2.40. The summed E-state index contributed by atoms with van der Waals surface area (Å²) < 4.78 is 1.78. The molecule has 0 aromatic carbocycles. The second kappa shape index (κ2) is 5.30. The van der Waals surface area contributed by atoms with Crippen molar-refractivity contribution in [3.05, 3.63) is 11.4 Å². The van der Waals surface area contributed by atoms with Crippen molar-refractivity contribution in [1.82, 2.24) is 20.4 Å². The molecule has 0 radical (unpaired) electrons. The summed E-state index contributed by atoms with van der Waals surface area (Å²) in [5.41, 5.74) is 2.67. The first-order valence-electron chi connectivity index (χ1n) is 6.67. The van der Waals surface area contributed by atoms with Gasteiger partial charge in [0.2, 0.25) is 5.91 Å². The molecule has 0 aliphatic carbocycles. The molecule has 6 heteroatoms. The number of carbonyl (C=O) groups excluding carboxylic acids is 1. The van der Waals surface area contributed by atoms with Crippen molar-refractivity contribution >= 4 is 11.6 Å². The summed E-state index contributed by atoms with van der Waals surface area (Å²) >= 11 is 0. The van der Waals surface area contributed by atoms with Gasteiger partial charge in [-0.1, -0.05) is 0 Å². The third-order valence-corrected chi connectivity index (χ3v) is 3.82. The average molecular weight is 265 g/mol. The minimum absolute atomic E-state index is 0.0210. The summed E-state index contributed by atoms with van der Waals surface area (Å²) in [6.45, 7) is 8.23. The lowest BCUT2D eigenvalue weighted by Crippen LogP contribution is -2.47. The van der Waals surface area contributed by atoms with Crippen molar-refractivity contribution < 1.29 is 4.79 Å². The minimum Gasteiger partial charge on any atom is -0.322 e. The van der Waals surface area contributed by atoms with Gasteiger partial charge >= 0.3 is 0 Å². The van der Waals surface area contributed by atoms with Gasteiger partial charge in [0.05, 0.1) is 23.6 Å². The van der Waals surface area contributed by atoms with Crippen LogP contribution in [0.4, 0.5) is 5.69 Å². The van der Waals surface area contributed by atoms with Crippen LogP contribution in [0.15, 0.2) is 0 Å². The van der Waals surface area contributed by atoms with E-state index in [2.05, 4.69) is 28.0 Å². The molecule has 3 N–H and O–H groups in total. The van der Waals surface area contributed by atoms with E-state index in [-0.39, 0.29) is 11.4 Å². The summed E-state index contributed by atoms with van der Waals surface area (Å²) in [6, 6.07) is 0. The van der Waals surface area contributed by atoms with Gasteiger partial charge in [-0.2, -0.15) is 5.10 Å². The first kappa shape index (κ1) is 14.0. The summed E-state index contributed by atoms with van der Waals surface area (Å²) in [5, 5.41) is 13.8. The molecule has 2 heterocycles. The SMILES string of the molecule is Cc1nn(C)c(C)c1NC(=O)CNC1(C)CCNC1. The molecule has 6 nitrogen and oxygen atoms in total. The highest BCUT2D eigenvalue weighted by Gasteiger charge is 2.28. The highest BCUT2D eigenvalue weighted by molar-refractivity contribution is 5.93. The van der Waals surface area contributed by atoms with E-state index in [9.17, 15) is 4.79 Å². The third kappa shape index (κ3) is 3.13. The van der Waals surface area contributed by atoms with E-state index in [1.165, 1.54) is 0 Å². The maximum absolute atomic E-state index is 12.0. The number of anilines is 1. The molecular formula is C13H23N5O. The van der Waals surface area contributed by atoms with Gasteiger partial charge < -0.3 is 16.0 Å². The second-order valence-corrected chi connectivity index (χ2v) is 5.56. The van der Waals surface area contributed by atoms with Crippen molar-refractivity contribution in [2.24, 2.45) is 7.05 Å². The average Bonchev–Trinajstić information content (AvgIpc) is 2.88. The standard InChI is InChI=1S/C13H23N5O/c1-9-12(10(2)18(4)17-9)16-11(19)7-15-13(3)5-6-14-8-13/h14-15H,5-8H2,1-4H3,(H,16,19). The summed E-state index contributed by atoms with van der Waals surface area (Å²) in [5.74, 6) is -0.0210. The number of amides is 1. The number of aromatic nitrogens is 2. The maximum atomic E-state index is 12.0. The van der Waals surface area contributed by atoms with Crippen LogP contribution in [0, 0.1) is 13.8 Å². The Balaban J connectivity index is 1.91. The molecular weight excluding hydrogens is 242 g/mol. The van der Waals surface area contributed by atoms with Crippen LogP contribution in [0.5, 0.6) is 0 Å². The lowest BCUT2D eigenvalue weighted by Gasteiger charge is -2.24. The van der Waals surface area contributed by atoms with Crippen LogP contribution in [0.25, 0.3) is 0 Å². The van der Waals surface area contributed by atoms with Crippen molar-refractivity contribution in [3.8, 4) is 0 Å². The van der Waals surface area contributed by atoms with Crippen LogP contribution in [0.1, 0.15) is 24.7 Å². The van der Waals surface area contributed by atoms with E-state index in [1.807, 2.05) is 20.9 Å². The van der Waals surface area contributed by atoms with Crippen LogP contribution in [-0.4, -0.2) is 40.9 Å². The maximum Gasteiger partial charge on any atom is 0.238 e. The fourth-order valence-corrected chi connectivity index (χ4v) is 2.40. The van der Waals surface area contributed by atoms with Crippen molar-refractivity contribution in [1.29, 1.82) is 0 Å². The molecule has 1 amide bonds. The predicted molar refractivity (Wildman–Crippen MR) is 75.2 cm³/mol. The zero-order valence-corrected chi connectivity index (χ0v) is 12.1. The number of aryl methyl sites for hydroxylation is 2. The first-order chi connectivity index (χ1) is 8.91. The Morgan fingerprint density at radius 2 is 2.26 bits per heavy atom. The van der Waals surface area contributed by atoms with Gasteiger partial charge in [-0.05, 0) is 33.7 Å². The Morgan fingerprint density at radius 3 is 2.79 bits per heavy atom. The van der Waals surface area contributed by atoms with Gasteiger partial charge in [-0.25, -0.2) is 0 Å². The zero-order chi connectivity index (χ0) is 14.0. The molecule has 1 aliphatic rings. The van der Waals surface area contributed by atoms with Crippen molar-refractivity contribution in [2.45, 2.75) is 32.7 Å². The molecule has 2 rings (SSSR count). The Morgan fingerprint density at radius 1 is 1.53 bits per heavy atom. The molecule has 0 spiro atoms. The molecule has 1 saturated heterocycles. The van der Waals surface area contributed by atoms with Gasteiger partial charge in [0, 0.05) is 19.1 Å². The first-order valence-corrected chi connectivity index (χ1v) is 6.67. The molecule has 1 aliphatic heterocycles. The highest BCUT2D eigenvalue weighted by Crippen LogP contribution is 2.18. The van der Waals surface area contributed by atoms with Gasteiger partial charge in [-0.15, -0.1) is 0 Å². The molecule has 0 bridgehead atoms. The summed E-state index contributed by atoms with van der Waals surface area (Å²) in [6.07, 6.45) is 1.05. The minimum atomic E-state index is -0.0210. The smallest absolute Gasteiger partial charge is 0.238 e. The summed E-state index contributed by atoms with van der Waals surface area (Å²) in [7, 11) is 1.88. The number of hydrogen-bond acceptors (Lipinski definition) is 4. The number of carbonyl (C=O) groups is 1. The van der Waals surface area contributed by atoms with E-state index in [4.69, 9.17) is 0 Å². The second-order valence-electron chi connectivity index (χ2n) is 5.56. The van der Waals surface area contributed by atoms with E-state index in [0.29, 0.717) is 6.54 Å². The van der Waals surface area contributed by atoms with Crippen molar-refractivity contribution in [2.75, 3.05) is 25.0 Å². The van der Waals surface area contributed by atoms with Crippen LogP contribution in [0.2, 0.25) is 0 Å². The number of nitrogens with zero attached hydrogens (tertiary/aromatic N) is 2. The van der Waals surface area contributed by atoms with Crippen molar-refractivity contribution in [3.63, 3.8) is 0 Å². The number of rotatable bonds is 4. The summed E-state index contributed by atoms with van der Waals surface area (Å²) in [4.78, 5) is 12.0. The van der Waals surface area contributed by atoms with Crippen LogP contribution < -0.4 is 16.0 Å². The van der Waals surface area contributed by atoms with E-state index in [1.54, 1.807) is 4.68 Å². The Hall–Kier alpha value is -1.40. The Labute approximate surface area is 113 Å². The molecule has 0 saturated carbocycles. The van der Waals surface area contributed by atoms with Gasteiger partial charge in [0.1, 0.15) is 0 Å². The van der Waals surface area contributed by atoms with Crippen LogP contribution in [0.3, 0.4) is 0 Å². The predicted octanol–water partition coefficient (Wildman–Crippen LogP) is 0.317. The number of nitrogens with one attached hydrogen (secondary N) is 3. The molecule has 1 fully saturated rings. The third-order valence-electron chi connectivity index (χ3n) is 3.82. The Bertz CT molecular complexity index is 474. The number of hydrogen-bond donors (Lipinski definition) is 3. The molecule has 106 valence electrons. The van der Waals surface area contributed by atoms with Crippen LogP contribution >= 0.6 is 0 Å². The zero-order valence-electron chi connectivity index (χ0n) is 12.1. The largest absolute Gasteiger partial charge is 0.322 e. The molecule has 1 aromatic rings. The van der Waals surface area contributed by atoms with E-state index in [0.717, 1.165) is 36.6 Å².